The molecule has 1 aliphatic carbocycles. The van der Waals surface area contributed by atoms with Gasteiger partial charge in [0.05, 0.1) is 5.02 Å². The third kappa shape index (κ3) is 3.30. The second-order valence-corrected chi connectivity index (χ2v) is 7.79. The van der Waals surface area contributed by atoms with Gasteiger partial charge in [0.25, 0.3) is 0 Å². The van der Waals surface area contributed by atoms with Gasteiger partial charge in [0.2, 0.25) is 5.91 Å². The first-order valence-corrected chi connectivity index (χ1v) is 9.30. The van der Waals surface area contributed by atoms with Crippen molar-refractivity contribution in [2.24, 2.45) is 0 Å². The predicted molar refractivity (Wildman–Crippen MR) is 97.0 cm³/mol. The fourth-order valence-corrected chi connectivity index (χ4v) is 4.62. The third-order valence-electron chi connectivity index (χ3n) is 4.58. The highest BCUT2D eigenvalue weighted by Crippen LogP contribution is 2.36. The summed E-state index contributed by atoms with van der Waals surface area (Å²) in [6.45, 7) is 2.11. The van der Waals surface area contributed by atoms with Gasteiger partial charge in [0, 0.05) is 46.2 Å². The van der Waals surface area contributed by atoms with Crippen LogP contribution in [-0.2, 0) is 4.79 Å². The van der Waals surface area contributed by atoms with E-state index in [2.05, 4.69) is 10.2 Å². The summed E-state index contributed by atoms with van der Waals surface area (Å²) in [6.07, 6.45) is 7.14. The number of hydrogen-bond donors (Lipinski definition) is 1. The second kappa shape index (κ2) is 6.27. The van der Waals surface area contributed by atoms with Gasteiger partial charge in [0.15, 0.2) is 0 Å². The SMILES string of the molecule is O=C(C=Cc1sc2ccccc2c1Cl)NC1CCN(C2CC2)C1. The van der Waals surface area contributed by atoms with E-state index in [1.54, 1.807) is 17.4 Å². The average Bonchev–Trinajstić information content (AvgIpc) is 3.22. The summed E-state index contributed by atoms with van der Waals surface area (Å²) in [7, 11) is 0. The highest BCUT2D eigenvalue weighted by molar-refractivity contribution is 7.20. The molecule has 1 aliphatic heterocycles. The number of nitrogens with zero attached hydrogens (tertiary/aromatic N) is 1. The molecule has 23 heavy (non-hydrogen) atoms. The molecule has 5 heteroatoms. The van der Waals surface area contributed by atoms with Gasteiger partial charge in [-0.2, -0.15) is 0 Å². The summed E-state index contributed by atoms with van der Waals surface area (Å²) in [5.41, 5.74) is 0. The number of rotatable bonds is 4. The first kappa shape index (κ1) is 15.2. The molecule has 0 bridgehead atoms. The monoisotopic (exact) mass is 346 g/mol. The Kier molecular flexibility index (Phi) is 4.14. The maximum Gasteiger partial charge on any atom is 0.244 e. The number of halogens is 1. The summed E-state index contributed by atoms with van der Waals surface area (Å²) in [4.78, 5) is 15.6. The number of amides is 1. The lowest BCUT2D eigenvalue weighted by atomic mass is 10.2. The minimum absolute atomic E-state index is 0.0267. The van der Waals surface area contributed by atoms with Crippen LogP contribution in [0.25, 0.3) is 16.2 Å². The average molecular weight is 347 g/mol. The van der Waals surface area contributed by atoms with Gasteiger partial charge in [-0.05, 0) is 31.4 Å². The number of benzene rings is 1. The van der Waals surface area contributed by atoms with E-state index in [9.17, 15) is 4.79 Å². The lowest BCUT2D eigenvalue weighted by molar-refractivity contribution is -0.117. The van der Waals surface area contributed by atoms with Crippen molar-refractivity contribution in [3.05, 3.63) is 40.2 Å². The van der Waals surface area contributed by atoms with Crippen LogP contribution in [0.5, 0.6) is 0 Å². The van der Waals surface area contributed by atoms with Crippen molar-refractivity contribution < 1.29 is 4.79 Å². The molecule has 0 radical (unpaired) electrons. The molecule has 2 aromatic rings. The van der Waals surface area contributed by atoms with Crippen molar-refractivity contribution in [3.63, 3.8) is 0 Å². The predicted octanol–water partition coefficient (Wildman–Crippen LogP) is 3.92. The molecule has 1 aromatic heterocycles. The van der Waals surface area contributed by atoms with Crippen LogP contribution in [0.3, 0.4) is 0 Å². The van der Waals surface area contributed by atoms with Crippen LogP contribution >= 0.6 is 22.9 Å². The number of hydrogen-bond acceptors (Lipinski definition) is 3. The highest BCUT2D eigenvalue weighted by Gasteiger charge is 2.34. The quantitative estimate of drug-likeness (QED) is 0.851. The molecule has 0 spiro atoms. The van der Waals surface area contributed by atoms with Crippen LogP contribution in [-0.4, -0.2) is 36.0 Å². The van der Waals surface area contributed by atoms with Crippen molar-refractivity contribution in [1.29, 1.82) is 0 Å². The van der Waals surface area contributed by atoms with Gasteiger partial charge in [0.1, 0.15) is 0 Å². The molecule has 1 N–H and O–H groups in total. The van der Waals surface area contributed by atoms with Gasteiger partial charge in [-0.3, -0.25) is 9.69 Å². The Morgan fingerprint density at radius 3 is 2.91 bits per heavy atom. The fraction of sp³-hybridized carbons (Fsp3) is 0.389. The summed E-state index contributed by atoms with van der Waals surface area (Å²) in [5, 5.41) is 4.89. The Balaban J connectivity index is 1.39. The van der Waals surface area contributed by atoms with Gasteiger partial charge in [-0.1, -0.05) is 29.8 Å². The zero-order valence-corrected chi connectivity index (χ0v) is 14.4. The normalized spacial score (nSPS) is 22.2. The minimum atomic E-state index is -0.0267. The Morgan fingerprint density at radius 1 is 1.30 bits per heavy atom. The van der Waals surface area contributed by atoms with Crippen molar-refractivity contribution in [2.45, 2.75) is 31.3 Å². The number of likely N-dealkylation sites (tertiary alicyclic amines) is 1. The lowest BCUT2D eigenvalue weighted by Gasteiger charge is -2.14. The topological polar surface area (TPSA) is 32.3 Å². The number of carbonyl (C=O) groups excluding carboxylic acids is 1. The summed E-state index contributed by atoms with van der Waals surface area (Å²) < 4.78 is 1.15. The molecule has 3 nitrogen and oxygen atoms in total. The molecule has 1 atom stereocenters. The van der Waals surface area contributed by atoms with Crippen molar-refractivity contribution in [1.82, 2.24) is 10.2 Å². The van der Waals surface area contributed by atoms with E-state index >= 15 is 0 Å². The summed E-state index contributed by atoms with van der Waals surface area (Å²) in [6, 6.07) is 9.11. The van der Waals surface area contributed by atoms with E-state index in [0.29, 0.717) is 0 Å². The van der Waals surface area contributed by atoms with Crippen molar-refractivity contribution in [3.8, 4) is 0 Å². The Hall–Kier alpha value is -1.36. The van der Waals surface area contributed by atoms with E-state index in [0.717, 1.165) is 45.5 Å². The van der Waals surface area contributed by atoms with Crippen molar-refractivity contribution in [2.75, 3.05) is 13.1 Å². The molecule has 1 aromatic carbocycles. The van der Waals surface area contributed by atoms with Crippen LogP contribution in [0.1, 0.15) is 24.1 Å². The van der Waals surface area contributed by atoms with Crippen LogP contribution in [0.15, 0.2) is 30.3 Å². The summed E-state index contributed by atoms with van der Waals surface area (Å²) >= 11 is 8.01. The van der Waals surface area contributed by atoms with E-state index in [1.165, 1.54) is 12.8 Å². The molecule has 2 aliphatic rings. The van der Waals surface area contributed by atoms with Gasteiger partial charge >= 0.3 is 0 Å². The zero-order valence-electron chi connectivity index (χ0n) is 12.8. The largest absolute Gasteiger partial charge is 0.348 e. The molecular weight excluding hydrogens is 328 g/mol. The molecule has 1 saturated carbocycles. The molecule has 1 unspecified atom stereocenters. The van der Waals surface area contributed by atoms with E-state index in [1.807, 2.05) is 30.3 Å². The molecule has 1 amide bonds. The molecule has 1 saturated heterocycles. The van der Waals surface area contributed by atoms with Crippen LogP contribution in [0, 0.1) is 0 Å². The number of carbonyl (C=O) groups is 1. The molecule has 2 fully saturated rings. The number of thiophene rings is 1. The second-order valence-electron chi connectivity index (χ2n) is 6.33. The zero-order chi connectivity index (χ0) is 15.8. The van der Waals surface area contributed by atoms with Gasteiger partial charge < -0.3 is 5.32 Å². The van der Waals surface area contributed by atoms with Crippen LogP contribution < -0.4 is 5.32 Å². The van der Waals surface area contributed by atoms with Gasteiger partial charge in [-0.25, -0.2) is 0 Å². The van der Waals surface area contributed by atoms with Crippen LogP contribution in [0.2, 0.25) is 5.02 Å². The Labute approximate surface area is 144 Å². The maximum absolute atomic E-state index is 12.1. The summed E-state index contributed by atoms with van der Waals surface area (Å²) in [5.74, 6) is -0.0267. The van der Waals surface area contributed by atoms with E-state index in [4.69, 9.17) is 11.6 Å². The molecule has 120 valence electrons. The molecular formula is C18H19ClN2OS. The third-order valence-corrected chi connectivity index (χ3v) is 6.23. The Bertz CT molecular complexity index is 765. The van der Waals surface area contributed by atoms with E-state index in [-0.39, 0.29) is 11.9 Å². The molecule has 2 heterocycles. The standard InChI is InChI=1S/C18H19ClN2OS/c19-18-14-3-1-2-4-15(14)23-16(18)7-8-17(22)20-12-9-10-21(11-12)13-5-6-13/h1-4,7-8,12-13H,5-6,9-11H2,(H,20,22). The number of fused-ring (bicyclic) bond motifs is 1. The first-order valence-electron chi connectivity index (χ1n) is 8.10. The van der Waals surface area contributed by atoms with Crippen molar-refractivity contribution >= 4 is 45.0 Å². The minimum Gasteiger partial charge on any atom is -0.348 e. The van der Waals surface area contributed by atoms with Crippen LogP contribution in [0.4, 0.5) is 0 Å². The fourth-order valence-electron chi connectivity index (χ4n) is 3.22. The highest BCUT2D eigenvalue weighted by atomic mass is 35.5. The first-order chi connectivity index (χ1) is 11.2. The van der Waals surface area contributed by atoms with E-state index < -0.39 is 0 Å². The number of nitrogens with one attached hydrogen (secondary N) is 1. The molecule has 4 rings (SSSR count). The lowest BCUT2D eigenvalue weighted by Crippen LogP contribution is -2.36. The maximum atomic E-state index is 12.1. The Morgan fingerprint density at radius 2 is 2.13 bits per heavy atom. The van der Waals surface area contributed by atoms with Gasteiger partial charge in [-0.15, -0.1) is 11.3 Å². The smallest absolute Gasteiger partial charge is 0.244 e.